The first kappa shape index (κ1) is 19.3. The molecule has 1 aliphatic heterocycles. The zero-order chi connectivity index (χ0) is 19.4. The summed E-state index contributed by atoms with van der Waals surface area (Å²) in [6.45, 7) is 0.704. The predicted octanol–water partition coefficient (Wildman–Crippen LogP) is 2.30. The van der Waals surface area contributed by atoms with Gasteiger partial charge in [-0.15, -0.1) is 0 Å². The molecule has 1 heterocycles. The van der Waals surface area contributed by atoms with Gasteiger partial charge < -0.3 is 15.3 Å². The van der Waals surface area contributed by atoms with Crippen molar-refractivity contribution in [2.75, 3.05) is 13.1 Å². The molecule has 0 unspecified atom stereocenters. The predicted molar refractivity (Wildman–Crippen MR) is 99.5 cm³/mol. The molecular formula is C20H20ClFN2O3. The molecule has 2 amide bonds. The van der Waals surface area contributed by atoms with Crippen molar-refractivity contribution in [3.8, 4) is 0 Å². The quantitative estimate of drug-likeness (QED) is 0.744. The number of likely N-dealkylation sites (tertiary alicyclic amines) is 1. The van der Waals surface area contributed by atoms with Crippen molar-refractivity contribution in [2.45, 2.75) is 25.0 Å². The standard InChI is InChI=1S/C20H20ClFN2O3/c21-16-10-15(11-17(22)12-16)13-23-18(25)20(27)7-9-24(19(20)26)8-6-14-4-2-1-3-5-14/h1-5,10-12,27H,6-9,13H2,(H,23,25)/t20-/m1/s1. The fourth-order valence-corrected chi connectivity index (χ4v) is 3.39. The van der Waals surface area contributed by atoms with Crippen LogP contribution in [0.4, 0.5) is 4.39 Å². The van der Waals surface area contributed by atoms with Crippen molar-refractivity contribution in [2.24, 2.45) is 0 Å². The summed E-state index contributed by atoms with van der Waals surface area (Å²) >= 11 is 5.78. The first-order chi connectivity index (χ1) is 12.9. The van der Waals surface area contributed by atoms with Crippen LogP contribution in [0.3, 0.4) is 0 Å². The highest BCUT2D eigenvalue weighted by Gasteiger charge is 2.50. The Labute approximate surface area is 161 Å². The number of amides is 2. The van der Waals surface area contributed by atoms with Gasteiger partial charge in [0.1, 0.15) is 5.82 Å². The molecule has 2 N–H and O–H groups in total. The van der Waals surface area contributed by atoms with Crippen LogP contribution in [-0.4, -0.2) is 40.5 Å². The van der Waals surface area contributed by atoms with E-state index in [0.717, 1.165) is 11.6 Å². The summed E-state index contributed by atoms with van der Waals surface area (Å²) in [5, 5.41) is 13.3. The van der Waals surface area contributed by atoms with Gasteiger partial charge in [-0.1, -0.05) is 41.9 Å². The molecule has 1 saturated heterocycles. The van der Waals surface area contributed by atoms with Crippen LogP contribution in [0.5, 0.6) is 0 Å². The number of halogens is 2. The summed E-state index contributed by atoms with van der Waals surface area (Å²) < 4.78 is 13.4. The minimum Gasteiger partial charge on any atom is -0.372 e. The second-order valence-electron chi connectivity index (χ2n) is 6.60. The molecule has 1 fully saturated rings. The SMILES string of the molecule is O=C(NCc1cc(F)cc(Cl)c1)[C@]1(O)CCN(CCc2ccccc2)C1=O. The van der Waals surface area contributed by atoms with Crippen LogP contribution >= 0.6 is 11.6 Å². The van der Waals surface area contributed by atoms with Crippen LogP contribution in [0.2, 0.25) is 5.02 Å². The maximum atomic E-state index is 13.4. The largest absolute Gasteiger partial charge is 0.372 e. The monoisotopic (exact) mass is 390 g/mol. The third kappa shape index (κ3) is 4.46. The summed E-state index contributed by atoms with van der Waals surface area (Å²) in [6.07, 6.45) is 0.669. The maximum Gasteiger partial charge on any atom is 0.264 e. The third-order valence-corrected chi connectivity index (χ3v) is 4.87. The number of carbonyl (C=O) groups is 2. The van der Waals surface area contributed by atoms with E-state index in [1.807, 2.05) is 30.3 Å². The van der Waals surface area contributed by atoms with Gasteiger partial charge in [0.15, 0.2) is 0 Å². The molecule has 3 rings (SSSR count). The van der Waals surface area contributed by atoms with Gasteiger partial charge in [0.05, 0.1) is 0 Å². The maximum absolute atomic E-state index is 13.4. The van der Waals surface area contributed by atoms with Crippen molar-refractivity contribution in [3.05, 3.63) is 70.5 Å². The van der Waals surface area contributed by atoms with E-state index in [1.54, 1.807) is 0 Å². The second-order valence-corrected chi connectivity index (χ2v) is 7.03. The zero-order valence-electron chi connectivity index (χ0n) is 14.6. The van der Waals surface area contributed by atoms with Crippen molar-refractivity contribution in [3.63, 3.8) is 0 Å². The summed E-state index contributed by atoms with van der Waals surface area (Å²) in [4.78, 5) is 26.4. The van der Waals surface area contributed by atoms with E-state index in [9.17, 15) is 19.1 Å². The highest BCUT2D eigenvalue weighted by molar-refractivity contribution is 6.30. The van der Waals surface area contributed by atoms with Crippen LogP contribution in [0.1, 0.15) is 17.5 Å². The molecule has 0 spiro atoms. The number of aliphatic hydroxyl groups is 1. The summed E-state index contributed by atoms with van der Waals surface area (Å²) in [5.74, 6) is -1.90. The van der Waals surface area contributed by atoms with Gasteiger partial charge in [0, 0.05) is 31.1 Å². The highest BCUT2D eigenvalue weighted by atomic mass is 35.5. The molecule has 1 aliphatic rings. The number of rotatable bonds is 6. The average Bonchev–Trinajstić information content (AvgIpc) is 2.94. The Kier molecular flexibility index (Phi) is 5.77. The van der Waals surface area contributed by atoms with Crippen LogP contribution in [0, 0.1) is 5.82 Å². The lowest BCUT2D eigenvalue weighted by atomic mass is 10.0. The van der Waals surface area contributed by atoms with Gasteiger partial charge in [-0.3, -0.25) is 9.59 Å². The lowest BCUT2D eigenvalue weighted by Gasteiger charge is -2.21. The van der Waals surface area contributed by atoms with Gasteiger partial charge in [0.25, 0.3) is 11.8 Å². The van der Waals surface area contributed by atoms with Gasteiger partial charge in [0.2, 0.25) is 5.60 Å². The van der Waals surface area contributed by atoms with Crippen LogP contribution in [0.25, 0.3) is 0 Å². The molecule has 2 aromatic rings. The zero-order valence-corrected chi connectivity index (χ0v) is 15.4. The van der Waals surface area contributed by atoms with E-state index in [1.165, 1.54) is 17.0 Å². The van der Waals surface area contributed by atoms with Gasteiger partial charge in [-0.2, -0.15) is 0 Å². The Balaban J connectivity index is 1.58. The topological polar surface area (TPSA) is 69.6 Å². The van der Waals surface area contributed by atoms with Crippen molar-refractivity contribution in [1.29, 1.82) is 0 Å². The number of hydrogen-bond donors (Lipinski definition) is 2. The van der Waals surface area contributed by atoms with E-state index in [2.05, 4.69) is 5.32 Å². The van der Waals surface area contributed by atoms with Crippen LogP contribution in [-0.2, 0) is 22.6 Å². The normalized spacial score (nSPS) is 19.4. The number of benzene rings is 2. The first-order valence-electron chi connectivity index (χ1n) is 8.67. The highest BCUT2D eigenvalue weighted by Crippen LogP contribution is 2.24. The second kappa shape index (κ2) is 8.06. The van der Waals surface area contributed by atoms with Crippen molar-refractivity contribution < 1.29 is 19.1 Å². The number of nitrogens with one attached hydrogen (secondary N) is 1. The Morgan fingerprint density at radius 2 is 1.96 bits per heavy atom. The molecule has 0 bridgehead atoms. The van der Waals surface area contributed by atoms with Crippen LogP contribution in [0.15, 0.2) is 48.5 Å². The lowest BCUT2D eigenvalue weighted by molar-refractivity contribution is -0.154. The van der Waals surface area contributed by atoms with Crippen LogP contribution < -0.4 is 5.32 Å². The van der Waals surface area contributed by atoms with E-state index in [4.69, 9.17) is 11.6 Å². The average molecular weight is 391 g/mol. The molecule has 0 saturated carbocycles. The Morgan fingerprint density at radius 3 is 2.67 bits per heavy atom. The Morgan fingerprint density at radius 1 is 1.22 bits per heavy atom. The summed E-state index contributed by atoms with van der Waals surface area (Å²) in [7, 11) is 0. The molecular weight excluding hydrogens is 371 g/mol. The van der Waals surface area contributed by atoms with E-state index < -0.39 is 23.2 Å². The molecule has 2 aromatic carbocycles. The molecule has 1 atom stereocenters. The van der Waals surface area contributed by atoms with E-state index >= 15 is 0 Å². The Bertz CT molecular complexity index is 826. The smallest absolute Gasteiger partial charge is 0.264 e. The minimum absolute atomic E-state index is 0.0242. The molecule has 0 aromatic heterocycles. The minimum atomic E-state index is -2.09. The van der Waals surface area contributed by atoms with E-state index in [-0.39, 0.29) is 18.0 Å². The van der Waals surface area contributed by atoms with Gasteiger partial charge >= 0.3 is 0 Å². The van der Waals surface area contributed by atoms with E-state index in [0.29, 0.717) is 25.1 Å². The van der Waals surface area contributed by atoms with Crippen molar-refractivity contribution in [1.82, 2.24) is 10.2 Å². The fourth-order valence-electron chi connectivity index (χ4n) is 3.14. The number of carbonyl (C=O) groups excluding carboxylic acids is 2. The van der Waals surface area contributed by atoms with Gasteiger partial charge in [-0.05, 0) is 35.7 Å². The number of hydrogen-bond acceptors (Lipinski definition) is 3. The summed E-state index contributed by atoms with van der Waals surface area (Å²) in [6, 6.07) is 13.6. The molecule has 7 heteroatoms. The summed E-state index contributed by atoms with van der Waals surface area (Å²) in [5.41, 5.74) is -0.565. The molecule has 0 radical (unpaired) electrons. The molecule has 142 valence electrons. The molecule has 0 aliphatic carbocycles. The first-order valence-corrected chi connectivity index (χ1v) is 9.05. The van der Waals surface area contributed by atoms with Crippen molar-refractivity contribution >= 4 is 23.4 Å². The van der Waals surface area contributed by atoms with Gasteiger partial charge in [-0.25, -0.2) is 4.39 Å². The third-order valence-electron chi connectivity index (χ3n) is 4.65. The molecule has 5 nitrogen and oxygen atoms in total. The fraction of sp³-hybridized carbons (Fsp3) is 0.300. The molecule has 27 heavy (non-hydrogen) atoms. The Hall–Kier alpha value is -2.44. The number of nitrogens with zero attached hydrogens (tertiary/aromatic N) is 1. The lowest BCUT2D eigenvalue weighted by Crippen LogP contribution is -2.52.